The molecule has 1 N–H and O–H groups in total. The smallest absolute Gasteiger partial charge is 0.386 e. The minimum absolute atomic E-state index is 0.0950. The van der Waals surface area contributed by atoms with E-state index in [0.717, 1.165) is 38.2 Å². The second kappa shape index (κ2) is 6.79. The first kappa shape index (κ1) is 16.3. The Bertz CT molecular complexity index is 453. The molecule has 0 amide bonds. The van der Waals surface area contributed by atoms with Gasteiger partial charge in [0, 0.05) is 7.11 Å². The maximum absolute atomic E-state index is 13.1. The first-order valence-electron chi connectivity index (χ1n) is 7.32. The Morgan fingerprint density at radius 2 is 1.76 bits per heavy atom. The Morgan fingerprint density at radius 1 is 1.14 bits per heavy atom. The van der Waals surface area contributed by atoms with E-state index in [1.807, 2.05) is 0 Å². The van der Waals surface area contributed by atoms with Gasteiger partial charge >= 0.3 is 6.18 Å². The number of aliphatic hydroxyl groups is 1. The van der Waals surface area contributed by atoms with Crippen molar-refractivity contribution in [1.82, 2.24) is 0 Å². The molecule has 2 atom stereocenters. The topological polar surface area (TPSA) is 29.5 Å². The molecule has 2 unspecified atom stereocenters. The highest BCUT2D eigenvalue weighted by atomic mass is 19.4. The van der Waals surface area contributed by atoms with Gasteiger partial charge in [-0.1, -0.05) is 37.5 Å². The normalized spacial score (nSPS) is 20.2. The number of ether oxygens (including phenoxy) is 1. The summed E-state index contributed by atoms with van der Waals surface area (Å²) in [7, 11) is 1.46. The number of hydrogen-bond donors (Lipinski definition) is 1. The molecule has 0 bridgehead atoms. The molecule has 1 aromatic rings. The SMILES string of the molecule is COC(C1CCCCC1)C(O)c1ccccc1C(F)(F)F. The minimum atomic E-state index is -4.47. The third kappa shape index (κ3) is 3.77. The largest absolute Gasteiger partial charge is 0.416 e. The average molecular weight is 302 g/mol. The van der Waals surface area contributed by atoms with Crippen LogP contribution >= 0.6 is 0 Å². The van der Waals surface area contributed by atoms with E-state index >= 15 is 0 Å². The van der Waals surface area contributed by atoms with Crippen LogP contribution in [-0.4, -0.2) is 18.3 Å². The van der Waals surface area contributed by atoms with Gasteiger partial charge in [-0.2, -0.15) is 13.2 Å². The van der Waals surface area contributed by atoms with Crippen LogP contribution in [0.4, 0.5) is 13.2 Å². The van der Waals surface area contributed by atoms with E-state index in [1.54, 1.807) is 0 Å². The summed E-state index contributed by atoms with van der Waals surface area (Å²) in [4.78, 5) is 0. The molecule has 1 saturated carbocycles. The predicted molar refractivity (Wildman–Crippen MR) is 73.8 cm³/mol. The third-order valence-corrected chi connectivity index (χ3v) is 4.28. The highest BCUT2D eigenvalue weighted by Crippen LogP contribution is 2.39. The molecule has 2 rings (SSSR count). The zero-order valence-electron chi connectivity index (χ0n) is 12.1. The van der Waals surface area contributed by atoms with Gasteiger partial charge in [-0.05, 0) is 30.4 Å². The van der Waals surface area contributed by atoms with Gasteiger partial charge in [0.15, 0.2) is 0 Å². The van der Waals surface area contributed by atoms with Crippen LogP contribution in [0, 0.1) is 5.92 Å². The van der Waals surface area contributed by atoms with E-state index in [9.17, 15) is 18.3 Å². The summed E-state index contributed by atoms with van der Waals surface area (Å²) in [6.45, 7) is 0. The first-order valence-corrected chi connectivity index (χ1v) is 7.32. The van der Waals surface area contributed by atoms with Crippen LogP contribution in [0.2, 0.25) is 0 Å². The molecule has 1 aromatic carbocycles. The van der Waals surface area contributed by atoms with E-state index in [4.69, 9.17) is 4.74 Å². The van der Waals surface area contributed by atoms with Crippen molar-refractivity contribution in [2.45, 2.75) is 50.5 Å². The number of benzene rings is 1. The molecule has 0 spiro atoms. The van der Waals surface area contributed by atoms with Crippen LogP contribution in [-0.2, 0) is 10.9 Å². The van der Waals surface area contributed by atoms with Crippen molar-refractivity contribution in [2.24, 2.45) is 5.92 Å². The van der Waals surface area contributed by atoms with Crippen molar-refractivity contribution in [1.29, 1.82) is 0 Å². The van der Waals surface area contributed by atoms with Crippen molar-refractivity contribution in [2.75, 3.05) is 7.11 Å². The molecular weight excluding hydrogens is 281 g/mol. The van der Waals surface area contributed by atoms with Crippen LogP contribution in [0.3, 0.4) is 0 Å². The van der Waals surface area contributed by atoms with Gasteiger partial charge in [-0.3, -0.25) is 0 Å². The standard InChI is InChI=1S/C16H21F3O2/c1-21-15(11-7-3-2-4-8-11)14(20)12-9-5-6-10-13(12)16(17,18)19/h5-6,9-11,14-15,20H,2-4,7-8H2,1H3. The van der Waals surface area contributed by atoms with Crippen molar-refractivity contribution in [3.05, 3.63) is 35.4 Å². The number of rotatable bonds is 4. The van der Waals surface area contributed by atoms with E-state index in [-0.39, 0.29) is 11.5 Å². The highest BCUT2D eigenvalue weighted by Gasteiger charge is 2.38. The van der Waals surface area contributed by atoms with Gasteiger partial charge in [0.05, 0.1) is 11.7 Å². The molecule has 21 heavy (non-hydrogen) atoms. The molecule has 1 fully saturated rings. The van der Waals surface area contributed by atoms with Crippen molar-refractivity contribution in [3.63, 3.8) is 0 Å². The van der Waals surface area contributed by atoms with Gasteiger partial charge < -0.3 is 9.84 Å². The molecule has 1 aliphatic rings. The molecule has 0 aliphatic heterocycles. The monoisotopic (exact) mass is 302 g/mol. The number of aliphatic hydroxyl groups excluding tert-OH is 1. The maximum atomic E-state index is 13.1. The lowest BCUT2D eigenvalue weighted by Gasteiger charge is -2.33. The van der Waals surface area contributed by atoms with E-state index in [0.29, 0.717) is 0 Å². The fourth-order valence-corrected chi connectivity index (χ4v) is 3.23. The van der Waals surface area contributed by atoms with Gasteiger partial charge in [0.2, 0.25) is 0 Å². The lowest BCUT2D eigenvalue weighted by atomic mass is 9.81. The van der Waals surface area contributed by atoms with E-state index in [2.05, 4.69) is 0 Å². The number of alkyl halides is 3. The van der Waals surface area contributed by atoms with Gasteiger partial charge in [0.1, 0.15) is 6.10 Å². The van der Waals surface area contributed by atoms with E-state index in [1.165, 1.54) is 25.3 Å². The quantitative estimate of drug-likeness (QED) is 0.897. The molecule has 118 valence electrons. The van der Waals surface area contributed by atoms with Crippen molar-refractivity contribution < 1.29 is 23.0 Å². The Hall–Kier alpha value is -1.07. The Labute approximate surface area is 122 Å². The van der Waals surface area contributed by atoms with Crippen LogP contribution in [0.5, 0.6) is 0 Å². The summed E-state index contributed by atoms with van der Waals surface area (Å²) in [5, 5.41) is 10.5. The second-order valence-electron chi connectivity index (χ2n) is 5.63. The molecule has 5 heteroatoms. The number of halogens is 3. The summed E-state index contributed by atoms with van der Waals surface area (Å²) >= 11 is 0. The molecule has 0 heterocycles. The molecule has 0 saturated heterocycles. The van der Waals surface area contributed by atoms with Crippen LogP contribution in [0.1, 0.15) is 49.3 Å². The van der Waals surface area contributed by atoms with E-state index < -0.39 is 23.9 Å². The zero-order valence-corrected chi connectivity index (χ0v) is 12.1. The Morgan fingerprint density at radius 3 is 2.33 bits per heavy atom. The lowest BCUT2D eigenvalue weighted by Crippen LogP contribution is -2.32. The molecule has 2 nitrogen and oxygen atoms in total. The highest BCUT2D eigenvalue weighted by molar-refractivity contribution is 5.32. The van der Waals surface area contributed by atoms with Gasteiger partial charge in [0.25, 0.3) is 0 Å². The summed E-state index contributed by atoms with van der Waals surface area (Å²) in [6.07, 6.45) is -1.31. The second-order valence-corrected chi connectivity index (χ2v) is 5.63. The van der Waals surface area contributed by atoms with Gasteiger partial charge in [-0.15, -0.1) is 0 Å². The summed E-state index contributed by atoms with van der Waals surface area (Å²) in [5.74, 6) is 0.111. The Balaban J connectivity index is 2.27. The van der Waals surface area contributed by atoms with Crippen molar-refractivity contribution in [3.8, 4) is 0 Å². The summed E-state index contributed by atoms with van der Waals surface area (Å²) < 4.78 is 44.6. The molecule has 0 radical (unpaired) electrons. The minimum Gasteiger partial charge on any atom is -0.386 e. The zero-order chi connectivity index (χ0) is 15.5. The third-order valence-electron chi connectivity index (χ3n) is 4.28. The summed E-state index contributed by atoms with van der Waals surface area (Å²) in [5.41, 5.74) is -0.877. The molecule has 1 aliphatic carbocycles. The maximum Gasteiger partial charge on any atom is 0.416 e. The number of methoxy groups -OCH3 is 1. The molecular formula is C16H21F3O2. The fraction of sp³-hybridized carbons (Fsp3) is 0.625. The van der Waals surface area contributed by atoms with Crippen LogP contribution in [0.15, 0.2) is 24.3 Å². The van der Waals surface area contributed by atoms with Gasteiger partial charge in [-0.25, -0.2) is 0 Å². The summed E-state index contributed by atoms with van der Waals surface area (Å²) in [6, 6.07) is 5.19. The molecule has 0 aromatic heterocycles. The Kier molecular flexibility index (Phi) is 5.27. The lowest BCUT2D eigenvalue weighted by molar-refractivity contribution is -0.140. The first-order chi connectivity index (χ1) is 9.95. The van der Waals surface area contributed by atoms with Crippen molar-refractivity contribution >= 4 is 0 Å². The fourth-order valence-electron chi connectivity index (χ4n) is 3.23. The van der Waals surface area contributed by atoms with Crippen LogP contribution < -0.4 is 0 Å². The van der Waals surface area contributed by atoms with Crippen LogP contribution in [0.25, 0.3) is 0 Å². The number of hydrogen-bond acceptors (Lipinski definition) is 2. The predicted octanol–water partition coefficient (Wildman–Crippen LogP) is 4.33. The average Bonchev–Trinajstić information content (AvgIpc) is 2.48.